The van der Waals surface area contributed by atoms with Gasteiger partial charge in [0.25, 0.3) is 0 Å². The van der Waals surface area contributed by atoms with Gasteiger partial charge in [0, 0.05) is 17.3 Å². The van der Waals surface area contributed by atoms with Gasteiger partial charge in [-0.25, -0.2) is 9.78 Å². The summed E-state index contributed by atoms with van der Waals surface area (Å²) in [5.74, 6) is -0.326. The molecule has 0 radical (unpaired) electrons. The fourth-order valence-corrected chi connectivity index (χ4v) is 2.96. The predicted octanol–water partition coefficient (Wildman–Crippen LogP) is 3.10. The van der Waals surface area contributed by atoms with Crippen molar-refractivity contribution in [2.24, 2.45) is 0 Å². The number of benzene rings is 1. The van der Waals surface area contributed by atoms with E-state index >= 15 is 0 Å². The van der Waals surface area contributed by atoms with E-state index in [-0.39, 0.29) is 5.97 Å². The van der Waals surface area contributed by atoms with Crippen molar-refractivity contribution < 1.29 is 9.53 Å². The van der Waals surface area contributed by atoms with Crippen LogP contribution in [0.25, 0.3) is 4.96 Å². The molecular formula is C15H15N3O2S. The molecule has 21 heavy (non-hydrogen) atoms. The predicted molar refractivity (Wildman–Crippen MR) is 82.9 cm³/mol. The average Bonchev–Trinajstić information content (AvgIpc) is 3.06. The Morgan fingerprint density at radius 2 is 2.14 bits per heavy atom. The minimum atomic E-state index is -0.326. The number of aromatic nitrogens is 2. The second-order valence-electron chi connectivity index (χ2n) is 4.62. The van der Waals surface area contributed by atoms with Crippen molar-refractivity contribution in [2.75, 3.05) is 12.4 Å². The van der Waals surface area contributed by atoms with E-state index in [4.69, 9.17) is 0 Å². The molecule has 0 aliphatic rings. The lowest BCUT2D eigenvalue weighted by Crippen LogP contribution is -2.04. The Kier molecular flexibility index (Phi) is 3.62. The van der Waals surface area contributed by atoms with Crippen LogP contribution >= 0.6 is 11.3 Å². The van der Waals surface area contributed by atoms with Gasteiger partial charge in [0.05, 0.1) is 30.6 Å². The molecule has 1 aromatic carbocycles. The molecule has 0 amide bonds. The Labute approximate surface area is 126 Å². The van der Waals surface area contributed by atoms with Gasteiger partial charge >= 0.3 is 5.97 Å². The number of aryl methyl sites for hydroxylation is 1. The summed E-state index contributed by atoms with van der Waals surface area (Å²) >= 11 is 1.62. The highest BCUT2D eigenvalue weighted by Gasteiger charge is 2.09. The number of hydrogen-bond acceptors (Lipinski definition) is 5. The fourth-order valence-electron chi connectivity index (χ4n) is 2.18. The average molecular weight is 301 g/mol. The van der Waals surface area contributed by atoms with E-state index in [9.17, 15) is 4.79 Å². The number of fused-ring (bicyclic) bond motifs is 1. The first-order chi connectivity index (χ1) is 10.2. The van der Waals surface area contributed by atoms with Gasteiger partial charge in [-0.2, -0.15) is 0 Å². The van der Waals surface area contributed by atoms with Gasteiger partial charge in [-0.05, 0) is 31.2 Å². The maximum atomic E-state index is 11.4. The first-order valence-corrected chi connectivity index (χ1v) is 7.40. The Balaban J connectivity index is 1.74. The van der Waals surface area contributed by atoms with Crippen LogP contribution < -0.4 is 5.32 Å². The minimum absolute atomic E-state index is 0.326. The van der Waals surface area contributed by atoms with E-state index < -0.39 is 0 Å². The molecule has 0 aliphatic carbocycles. The van der Waals surface area contributed by atoms with Crippen molar-refractivity contribution in [3.8, 4) is 0 Å². The third-order valence-corrected chi connectivity index (χ3v) is 4.08. The minimum Gasteiger partial charge on any atom is -0.465 e. The monoisotopic (exact) mass is 301 g/mol. The highest BCUT2D eigenvalue weighted by Crippen LogP contribution is 2.18. The Bertz CT molecular complexity index is 774. The molecule has 0 aliphatic heterocycles. The van der Waals surface area contributed by atoms with Crippen LogP contribution in [0.15, 0.2) is 35.8 Å². The number of nitrogens with zero attached hydrogens (tertiary/aromatic N) is 2. The number of carbonyl (C=O) groups excluding carboxylic acids is 1. The third-order valence-electron chi connectivity index (χ3n) is 3.33. The summed E-state index contributed by atoms with van der Waals surface area (Å²) in [7, 11) is 1.38. The maximum absolute atomic E-state index is 11.4. The molecule has 1 N–H and O–H groups in total. The number of imidazole rings is 1. The second-order valence-corrected chi connectivity index (χ2v) is 5.49. The Morgan fingerprint density at radius 1 is 1.38 bits per heavy atom. The van der Waals surface area contributed by atoms with E-state index in [0.29, 0.717) is 12.1 Å². The molecule has 6 heteroatoms. The van der Waals surface area contributed by atoms with E-state index in [2.05, 4.69) is 19.4 Å². The summed E-state index contributed by atoms with van der Waals surface area (Å²) in [6, 6.07) is 7.23. The van der Waals surface area contributed by atoms with Crippen molar-refractivity contribution >= 4 is 28.0 Å². The molecule has 2 heterocycles. The van der Waals surface area contributed by atoms with Crippen LogP contribution in [0, 0.1) is 6.92 Å². The Hall–Kier alpha value is -2.34. The number of ether oxygens (including phenoxy) is 1. The SMILES string of the molecule is COC(=O)c1ccc(NCc2c(C)nc3sccn23)cc1. The van der Waals surface area contributed by atoms with Crippen molar-refractivity contribution in [1.29, 1.82) is 0 Å². The van der Waals surface area contributed by atoms with Crippen LogP contribution in [0.4, 0.5) is 5.69 Å². The van der Waals surface area contributed by atoms with Crippen LogP contribution in [-0.2, 0) is 11.3 Å². The first-order valence-electron chi connectivity index (χ1n) is 6.52. The topological polar surface area (TPSA) is 55.6 Å². The number of anilines is 1. The maximum Gasteiger partial charge on any atom is 0.337 e. The molecule has 0 unspecified atom stereocenters. The lowest BCUT2D eigenvalue weighted by molar-refractivity contribution is 0.0601. The van der Waals surface area contributed by atoms with E-state index in [0.717, 1.165) is 22.0 Å². The molecule has 0 saturated carbocycles. The number of thiazole rings is 1. The van der Waals surface area contributed by atoms with E-state index in [1.165, 1.54) is 7.11 Å². The first kappa shape index (κ1) is 13.6. The van der Waals surface area contributed by atoms with Gasteiger partial charge in [-0.1, -0.05) is 0 Å². The van der Waals surface area contributed by atoms with Gasteiger partial charge in [0.15, 0.2) is 4.96 Å². The molecule has 3 rings (SSSR count). The lowest BCUT2D eigenvalue weighted by atomic mass is 10.2. The number of esters is 1. The summed E-state index contributed by atoms with van der Waals surface area (Å²) in [4.78, 5) is 16.9. The highest BCUT2D eigenvalue weighted by molar-refractivity contribution is 7.15. The summed E-state index contributed by atoms with van der Waals surface area (Å²) < 4.78 is 6.77. The quantitative estimate of drug-likeness (QED) is 0.752. The van der Waals surface area contributed by atoms with Crippen LogP contribution in [0.1, 0.15) is 21.7 Å². The van der Waals surface area contributed by atoms with E-state index in [1.54, 1.807) is 23.5 Å². The van der Waals surface area contributed by atoms with Crippen LogP contribution in [0.5, 0.6) is 0 Å². The number of hydrogen-bond donors (Lipinski definition) is 1. The molecule has 0 atom stereocenters. The molecule has 3 aromatic rings. The highest BCUT2D eigenvalue weighted by atomic mass is 32.1. The molecule has 0 fully saturated rings. The summed E-state index contributed by atoms with van der Waals surface area (Å²) in [5, 5.41) is 5.37. The van der Waals surface area contributed by atoms with Crippen molar-refractivity contribution in [3.05, 3.63) is 52.8 Å². The molecule has 0 saturated heterocycles. The van der Waals surface area contributed by atoms with Gasteiger partial charge < -0.3 is 10.1 Å². The zero-order chi connectivity index (χ0) is 14.8. The third kappa shape index (κ3) is 2.62. The summed E-state index contributed by atoms with van der Waals surface area (Å²) in [6.07, 6.45) is 2.03. The number of rotatable bonds is 4. The van der Waals surface area contributed by atoms with Crippen LogP contribution in [0.2, 0.25) is 0 Å². The number of nitrogens with one attached hydrogen (secondary N) is 1. The van der Waals surface area contributed by atoms with Gasteiger partial charge in [0.1, 0.15) is 0 Å². The summed E-state index contributed by atoms with van der Waals surface area (Å²) in [6.45, 7) is 2.69. The van der Waals surface area contributed by atoms with Crippen LogP contribution in [-0.4, -0.2) is 22.5 Å². The molecule has 108 valence electrons. The smallest absolute Gasteiger partial charge is 0.337 e. The normalized spacial score (nSPS) is 10.8. The fraction of sp³-hybridized carbons (Fsp3) is 0.200. The second kappa shape index (κ2) is 5.57. The van der Waals surface area contributed by atoms with Crippen LogP contribution in [0.3, 0.4) is 0 Å². The van der Waals surface area contributed by atoms with Gasteiger partial charge in [0.2, 0.25) is 0 Å². The zero-order valence-electron chi connectivity index (χ0n) is 11.8. The van der Waals surface area contributed by atoms with Crippen molar-refractivity contribution in [1.82, 2.24) is 9.38 Å². The molecule has 2 aromatic heterocycles. The van der Waals surface area contributed by atoms with Gasteiger partial charge in [-0.15, -0.1) is 11.3 Å². The van der Waals surface area contributed by atoms with Gasteiger partial charge in [-0.3, -0.25) is 4.40 Å². The lowest BCUT2D eigenvalue weighted by Gasteiger charge is -2.07. The zero-order valence-corrected chi connectivity index (χ0v) is 12.6. The number of methoxy groups -OCH3 is 1. The summed E-state index contributed by atoms with van der Waals surface area (Å²) in [5.41, 5.74) is 3.67. The molecule has 0 bridgehead atoms. The number of carbonyl (C=O) groups is 1. The molecular weight excluding hydrogens is 286 g/mol. The largest absolute Gasteiger partial charge is 0.465 e. The molecule has 0 spiro atoms. The Morgan fingerprint density at radius 3 is 2.86 bits per heavy atom. The van der Waals surface area contributed by atoms with Crippen molar-refractivity contribution in [3.63, 3.8) is 0 Å². The standard InChI is InChI=1S/C15H15N3O2S/c1-10-13(18-7-8-21-15(18)17-10)9-16-12-5-3-11(4-6-12)14(19)20-2/h3-8,16H,9H2,1-2H3. The molecule has 5 nitrogen and oxygen atoms in total. The van der Waals surface area contributed by atoms with Crippen molar-refractivity contribution in [2.45, 2.75) is 13.5 Å². The van der Waals surface area contributed by atoms with E-state index in [1.807, 2.05) is 30.6 Å².